The molecule has 0 saturated carbocycles. The summed E-state index contributed by atoms with van der Waals surface area (Å²) in [5, 5.41) is 7.89. The Hall–Kier alpha value is -1.34. The lowest BCUT2D eigenvalue weighted by Gasteiger charge is -2.06. The van der Waals surface area contributed by atoms with Crippen LogP contribution in [0.15, 0.2) is 21.8 Å². The molecule has 0 aliphatic carbocycles. The summed E-state index contributed by atoms with van der Waals surface area (Å²) in [6, 6.07) is 2.70. The van der Waals surface area contributed by atoms with Gasteiger partial charge in [-0.3, -0.25) is 4.79 Å². The minimum Gasteiger partial charge on any atom is -0.372 e. The Kier molecular flexibility index (Phi) is 4.71. The van der Waals surface area contributed by atoms with E-state index in [9.17, 15) is 13.2 Å². The standard InChI is InChI=1S/C10H17N3O3S/c1-2-3-4-7-12-9-6-5-8(10(14)13-9)17(11,15)16/h5-6H,2-4,7H2,1H3,(H2,11,15,16)(H2,12,13,14). The van der Waals surface area contributed by atoms with E-state index >= 15 is 0 Å². The molecule has 0 amide bonds. The van der Waals surface area contributed by atoms with Gasteiger partial charge in [0.25, 0.3) is 5.56 Å². The minimum absolute atomic E-state index is 0.420. The topological polar surface area (TPSA) is 105 Å². The van der Waals surface area contributed by atoms with Gasteiger partial charge in [0.15, 0.2) is 0 Å². The second kappa shape index (κ2) is 5.83. The number of aromatic amines is 1. The van der Waals surface area contributed by atoms with Gasteiger partial charge < -0.3 is 10.3 Å². The maximum atomic E-state index is 11.4. The first-order valence-corrected chi connectivity index (χ1v) is 6.99. The highest BCUT2D eigenvalue weighted by Crippen LogP contribution is 2.04. The van der Waals surface area contributed by atoms with E-state index in [0.717, 1.165) is 25.8 Å². The highest BCUT2D eigenvalue weighted by molar-refractivity contribution is 7.89. The minimum atomic E-state index is -3.95. The summed E-state index contributed by atoms with van der Waals surface area (Å²) in [7, 11) is -3.95. The number of sulfonamides is 1. The number of aromatic nitrogens is 1. The first-order valence-electron chi connectivity index (χ1n) is 5.45. The van der Waals surface area contributed by atoms with Crippen molar-refractivity contribution in [2.45, 2.75) is 31.1 Å². The Bertz CT molecular complexity index is 522. The Labute approximate surface area is 100 Å². The molecule has 1 heterocycles. The highest BCUT2D eigenvalue weighted by Gasteiger charge is 2.12. The monoisotopic (exact) mass is 259 g/mol. The molecule has 4 N–H and O–H groups in total. The number of hydrogen-bond acceptors (Lipinski definition) is 4. The van der Waals surface area contributed by atoms with E-state index in [2.05, 4.69) is 17.2 Å². The Morgan fingerprint density at radius 2 is 2.06 bits per heavy atom. The average Bonchev–Trinajstić information content (AvgIpc) is 2.23. The molecule has 0 aliphatic heterocycles. The number of H-pyrrole nitrogens is 1. The maximum absolute atomic E-state index is 11.4. The molecule has 0 atom stereocenters. The largest absolute Gasteiger partial charge is 0.372 e. The fourth-order valence-electron chi connectivity index (χ4n) is 1.39. The second-order valence-electron chi connectivity index (χ2n) is 3.74. The van der Waals surface area contributed by atoms with E-state index in [-0.39, 0.29) is 0 Å². The summed E-state index contributed by atoms with van der Waals surface area (Å²) < 4.78 is 22.0. The van der Waals surface area contributed by atoms with Gasteiger partial charge in [0, 0.05) is 6.54 Å². The molecule has 0 fully saturated rings. The number of pyridine rings is 1. The van der Waals surface area contributed by atoms with Gasteiger partial charge in [-0.2, -0.15) is 0 Å². The van der Waals surface area contributed by atoms with Crippen molar-refractivity contribution in [3.8, 4) is 0 Å². The van der Waals surface area contributed by atoms with Gasteiger partial charge in [-0.15, -0.1) is 0 Å². The summed E-state index contributed by atoms with van der Waals surface area (Å²) in [5.74, 6) is 0.499. The van der Waals surface area contributed by atoms with E-state index in [1.54, 1.807) is 0 Å². The van der Waals surface area contributed by atoms with Crippen LogP contribution in [0.25, 0.3) is 0 Å². The van der Waals surface area contributed by atoms with Crippen LogP contribution in [0.1, 0.15) is 26.2 Å². The van der Waals surface area contributed by atoms with Gasteiger partial charge in [-0.05, 0) is 18.6 Å². The summed E-state index contributed by atoms with van der Waals surface area (Å²) in [5.41, 5.74) is -0.701. The van der Waals surface area contributed by atoms with Crippen LogP contribution in [0.2, 0.25) is 0 Å². The molecule has 6 nitrogen and oxygen atoms in total. The lowest BCUT2D eigenvalue weighted by atomic mass is 10.2. The number of primary sulfonamides is 1. The molecule has 0 unspecified atom stereocenters. The summed E-state index contributed by atoms with van der Waals surface area (Å²) in [6.07, 6.45) is 3.21. The first kappa shape index (κ1) is 13.7. The second-order valence-corrected chi connectivity index (χ2v) is 5.27. The average molecular weight is 259 g/mol. The molecule has 1 rings (SSSR count). The lowest BCUT2D eigenvalue weighted by molar-refractivity contribution is 0.596. The highest BCUT2D eigenvalue weighted by atomic mass is 32.2. The molecule has 0 radical (unpaired) electrons. The third-order valence-electron chi connectivity index (χ3n) is 2.28. The van der Waals surface area contributed by atoms with Crippen LogP contribution in [0.3, 0.4) is 0 Å². The molecular formula is C10H17N3O3S. The molecular weight excluding hydrogens is 242 g/mol. The SMILES string of the molecule is CCCCCNc1ccc(S(N)(=O)=O)c(=O)[nH]1. The lowest BCUT2D eigenvalue weighted by Crippen LogP contribution is -2.23. The number of nitrogens with one attached hydrogen (secondary N) is 2. The Morgan fingerprint density at radius 1 is 1.35 bits per heavy atom. The molecule has 96 valence electrons. The smallest absolute Gasteiger partial charge is 0.269 e. The van der Waals surface area contributed by atoms with E-state index in [1.165, 1.54) is 12.1 Å². The van der Waals surface area contributed by atoms with Crippen molar-refractivity contribution in [3.63, 3.8) is 0 Å². The van der Waals surface area contributed by atoms with Crippen LogP contribution in [0.4, 0.5) is 5.82 Å². The van der Waals surface area contributed by atoms with Crippen LogP contribution < -0.4 is 16.0 Å². The quantitative estimate of drug-likeness (QED) is 0.651. The van der Waals surface area contributed by atoms with Crippen LogP contribution in [0, 0.1) is 0 Å². The van der Waals surface area contributed by atoms with Crippen LogP contribution in [-0.4, -0.2) is 19.9 Å². The predicted octanol–water partition coefficient (Wildman–Crippen LogP) is 0.624. The van der Waals surface area contributed by atoms with Gasteiger partial charge in [0.1, 0.15) is 10.7 Å². The fraction of sp³-hybridized carbons (Fsp3) is 0.500. The Morgan fingerprint density at radius 3 is 2.59 bits per heavy atom. The van der Waals surface area contributed by atoms with Gasteiger partial charge >= 0.3 is 0 Å². The third kappa shape index (κ3) is 4.20. The Balaban J connectivity index is 2.73. The van der Waals surface area contributed by atoms with Crippen molar-refractivity contribution in [1.29, 1.82) is 0 Å². The van der Waals surface area contributed by atoms with Crippen molar-refractivity contribution in [2.75, 3.05) is 11.9 Å². The third-order valence-corrected chi connectivity index (χ3v) is 3.21. The zero-order valence-corrected chi connectivity index (χ0v) is 10.5. The molecule has 0 aromatic carbocycles. The normalized spacial score (nSPS) is 11.4. The molecule has 0 bridgehead atoms. The molecule has 0 saturated heterocycles. The van der Waals surface area contributed by atoms with Crippen molar-refractivity contribution in [3.05, 3.63) is 22.5 Å². The number of anilines is 1. The van der Waals surface area contributed by atoms with Crippen molar-refractivity contribution < 1.29 is 8.42 Å². The molecule has 17 heavy (non-hydrogen) atoms. The van der Waals surface area contributed by atoms with Crippen molar-refractivity contribution in [2.24, 2.45) is 5.14 Å². The van der Waals surface area contributed by atoms with E-state index in [0.29, 0.717) is 5.82 Å². The number of unbranched alkanes of at least 4 members (excludes halogenated alkanes) is 2. The molecule has 0 spiro atoms. The van der Waals surface area contributed by atoms with E-state index in [1.807, 2.05) is 0 Å². The molecule has 1 aromatic rings. The first-order chi connectivity index (χ1) is 7.95. The molecule has 1 aromatic heterocycles. The van der Waals surface area contributed by atoms with E-state index < -0.39 is 20.5 Å². The predicted molar refractivity (Wildman–Crippen MR) is 66.5 cm³/mol. The van der Waals surface area contributed by atoms with Gasteiger partial charge in [-0.25, -0.2) is 13.6 Å². The summed E-state index contributed by atoms with van der Waals surface area (Å²) >= 11 is 0. The van der Waals surface area contributed by atoms with E-state index in [4.69, 9.17) is 5.14 Å². The van der Waals surface area contributed by atoms with Crippen LogP contribution in [0.5, 0.6) is 0 Å². The number of hydrogen-bond donors (Lipinski definition) is 3. The summed E-state index contributed by atoms with van der Waals surface area (Å²) in [4.78, 5) is 13.4. The van der Waals surface area contributed by atoms with Gasteiger partial charge in [0.2, 0.25) is 10.0 Å². The zero-order valence-electron chi connectivity index (χ0n) is 9.69. The maximum Gasteiger partial charge on any atom is 0.269 e. The van der Waals surface area contributed by atoms with Gasteiger partial charge in [-0.1, -0.05) is 19.8 Å². The zero-order chi connectivity index (χ0) is 12.9. The van der Waals surface area contributed by atoms with Crippen LogP contribution in [-0.2, 0) is 10.0 Å². The molecule has 0 aliphatic rings. The fourth-order valence-corrected chi connectivity index (χ4v) is 1.95. The van der Waals surface area contributed by atoms with Crippen molar-refractivity contribution >= 4 is 15.8 Å². The number of rotatable bonds is 6. The van der Waals surface area contributed by atoms with Crippen molar-refractivity contribution in [1.82, 2.24) is 4.98 Å². The molecule has 7 heteroatoms. The summed E-state index contributed by atoms with van der Waals surface area (Å²) in [6.45, 7) is 2.83. The van der Waals surface area contributed by atoms with Crippen LogP contribution >= 0.6 is 0 Å². The number of nitrogens with two attached hydrogens (primary N) is 1. The van der Waals surface area contributed by atoms with Gasteiger partial charge in [0.05, 0.1) is 0 Å².